The number of likely N-dealkylation sites (tertiary alicyclic amines) is 1. The first kappa shape index (κ1) is 30.4. The van der Waals surface area contributed by atoms with Crippen molar-refractivity contribution in [3.05, 3.63) is 89.5 Å². The lowest BCUT2D eigenvalue weighted by Crippen LogP contribution is -2.29. The molecule has 9 heteroatoms. The lowest BCUT2D eigenvalue weighted by Gasteiger charge is -2.27. The van der Waals surface area contributed by atoms with Crippen LogP contribution in [0, 0.1) is 5.41 Å². The number of aromatic nitrogens is 1. The number of carboxylic acid groups (broad SMARTS) is 2. The summed E-state index contributed by atoms with van der Waals surface area (Å²) in [4.78, 5) is 36.7. The van der Waals surface area contributed by atoms with Crippen LogP contribution in [-0.4, -0.2) is 58.3 Å². The fourth-order valence-electron chi connectivity index (χ4n) is 6.03. The topological polar surface area (TPSA) is 118 Å². The zero-order valence-corrected chi connectivity index (χ0v) is 25.3. The summed E-state index contributed by atoms with van der Waals surface area (Å²) < 4.78 is 12.9. The molecule has 1 aliphatic carbocycles. The van der Waals surface area contributed by atoms with Crippen LogP contribution in [0.3, 0.4) is 0 Å². The van der Waals surface area contributed by atoms with Gasteiger partial charge in [-0.1, -0.05) is 36.4 Å². The smallest absolute Gasteiger partial charge is 0.331 e. The molecule has 1 fully saturated rings. The highest BCUT2D eigenvalue weighted by Crippen LogP contribution is 2.43. The summed E-state index contributed by atoms with van der Waals surface area (Å²) in [6, 6.07) is 20.2. The zero-order chi connectivity index (χ0) is 31.6. The number of carboxylic acids is 2. The molecule has 0 bridgehead atoms. The largest absolute Gasteiger partial charge is 0.496 e. The molecule has 4 aromatic rings. The predicted molar refractivity (Wildman–Crippen MR) is 169 cm³/mol. The molecule has 1 atom stereocenters. The molecule has 2 aliphatic rings. The van der Waals surface area contributed by atoms with Crippen LogP contribution in [0.15, 0.2) is 78.4 Å². The Kier molecular flexibility index (Phi) is 8.49. The Balaban J connectivity index is 0.000000175. The fraction of sp³-hybridized carbons (Fsp3) is 0.286. The van der Waals surface area contributed by atoms with Gasteiger partial charge >= 0.3 is 11.9 Å². The molecule has 1 aromatic heterocycles. The number of para-hydroxylation sites is 1. The van der Waals surface area contributed by atoms with E-state index in [1.807, 2.05) is 4.90 Å². The SMILES string of the molecule is COc1cccc(OC)c1C1=CC(C)(C(=O)O)CC(C(=O)O)=C1.Cn1c2ccccc2c2cc(CN3CCCC3=O)ccc21. The van der Waals surface area contributed by atoms with E-state index in [2.05, 4.69) is 54.1 Å². The number of aryl methyl sites for hydroxylation is 1. The van der Waals surface area contributed by atoms with Crippen LogP contribution in [0.4, 0.5) is 0 Å². The number of hydrogen-bond acceptors (Lipinski definition) is 5. The highest BCUT2D eigenvalue weighted by atomic mass is 16.5. The number of rotatable bonds is 7. The van der Waals surface area contributed by atoms with Crippen LogP contribution in [0.2, 0.25) is 0 Å². The molecule has 0 radical (unpaired) electrons. The molecule has 6 rings (SSSR count). The first-order valence-electron chi connectivity index (χ1n) is 14.4. The van der Waals surface area contributed by atoms with E-state index >= 15 is 0 Å². The van der Waals surface area contributed by atoms with Crippen molar-refractivity contribution in [2.75, 3.05) is 20.8 Å². The number of hydrogen-bond donors (Lipinski definition) is 2. The van der Waals surface area contributed by atoms with E-state index in [0.29, 0.717) is 29.1 Å². The quantitative estimate of drug-likeness (QED) is 0.267. The number of carbonyl (C=O) groups excluding carboxylic acids is 1. The van der Waals surface area contributed by atoms with Crippen LogP contribution in [0.5, 0.6) is 11.5 Å². The van der Waals surface area contributed by atoms with Crippen LogP contribution < -0.4 is 9.47 Å². The summed E-state index contributed by atoms with van der Waals surface area (Å²) in [5, 5.41) is 21.4. The molecular weight excluding hydrogens is 560 g/mol. The Labute approximate surface area is 255 Å². The molecule has 0 spiro atoms. The summed E-state index contributed by atoms with van der Waals surface area (Å²) >= 11 is 0. The standard InChI is InChI=1S/C18H18N2O.C17H18O6/c1-19-16-6-3-2-5-14(16)15-11-13(8-9-17(15)19)12-20-10-4-7-18(20)21;1-17(16(20)21)8-10(7-11(9-17)15(18)19)14-12(22-2)5-4-6-13(14)23-3/h2-3,5-6,8-9,11H,4,7,10,12H2,1H3;4-8H,9H2,1-3H3,(H,18,19)(H,20,21). The number of nitrogens with zero attached hydrogens (tertiary/aromatic N) is 2. The summed E-state index contributed by atoms with van der Waals surface area (Å²) in [7, 11) is 5.08. The Hall–Kier alpha value is -5.05. The predicted octanol–water partition coefficient (Wildman–Crippen LogP) is 6.05. The maximum Gasteiger partial charge on any atom is 0.331 e. The maximum atomic E-state index is 11.8. The normalized spacial score (nSPS) is 18.0. The van der Waals surface area contributed by atoms with Gasteiger partial charge in [-0.05, 0) is 67.3 Å². The molecule has 1 unspecified atom stereocenters. The summed E-state index contributed by atoms with van der Waals surface area (Å²) in [6.07, 6.45) is 4.63. The highest BCUT2D eigenvalue weighted by molar-refractivity contribution is 6.08. The number of carbonyl (C=O) groups is 3. The molecule has 1 amide bonds. The van der Waals surface area contributed by atoms with Gasteiger partial charge in [0.15, 0.2) is 0 Å². The van der Waals surface area contributed by atoms with Gasteiger partial charge in [-0.15, -0.1) is 0 Å². The average molecular weight is 597 g/mol. The third kappa shape index (κ3) is 5.77. The number of methoxy groups -OCH3 is 2. The van der Waals surface area contributed by atoms with Gasteiger partial charge < -0.3 is 29.2 Å². The van der Waals surface area contributed by atoms with Gasteiger partial charge in [0.25, 0.3) is 0 Å². The van der Waals surface area contributed by atoms with Crippen molar-refractivity contribution in [3.8, 4) is 11.5 Å². The van der Waals surface area contributed by atoms with Crippen molar-refractivity contribution >= 4 is 45.2 Å². The second-order valence-corrected chi connectivity index (χ2v) is 11.4. The summed E-state index contributed by atoms with van der Waals surface area (Å²) in [5.74, 6) is -0.988. The van der Waals surface area contributed by atoms with Crippen molar-refractivity contribution in [3.63, 3.8) is 0 Å². The van der Waals surface area contributed by atoms with Gasteiger partial charge in [0, 0.05) is 53.9 Å². The number of fused-ring (bicyclic) bond motifs is 3. The highest BCUT2D eigenvalue weighted by Gasteiger charge is 2.37. The lowest BCUT2D eigenvalue weighted by atomic mass is 9.76. The van der Waals surface area contributed by atoms with Crippen LogP contribution >= 0.6 is 0 Å². The Morgan fingerprint density at radius 3 is 2.23 bits per heavy atom. The third-order valence-electron chi connectivity index (χ3n) is 8.36. The Bertz CT molecular complexity index is 1810. The van der Waals surface area contributed by atoms with E-state index in [1.54, 1.807) is 24.3 Å². The van der Waals surface area contributed by atoms with Crippen LogP contribution in [0.1, 0.15) is 37.3 Å². The number of aliphatic carboxylic acids is 2. The molecule has 9 nitrogen and oxygen atoms in total. The van der Waals surface area contributed by atoms with Crippen molar-refractivity contribution in [2.24, 2.45) is 12.5 Å². The maximum absolute atomic E-state index is 11.8. The second kappa shape index (κ2) is 12.3. The number of benzene rings is 3. The van der Waals surface area contributed by atoms with Gasteiger partial charge in [0.05, 0.1) is 25.2 Å². The van der Waals surface area contributed by atoms with E-state index in [4.69, 9.17) is 9.47 Å². The van der Waals surface area contributed by atoms with Crippen molar-refractivity contribution in [1.29, 1.82) is 0 Å². The minimum Gasteiger partial charge on any atom is -0.496 e. The van der Waals surface area contributed by atoms with Crippen molar-refractivity contribution < 1.29 is 34.1 Å². The Morgan fingerprint density at radius 1 is 0.932 bits per heavy atom. The minimum absolute atomic E-state index is 0.0281. The van der Waals surface area contributed by atoms with Gasteiger partial charge in [0.2, 0.25) is 5.91 Å². The monoisotopic (exact) mass is 596 g/mol. The van der Waals surface area contributed by atoms with E-state index in [9.17, 15) is 24.6 Å². The van der Waals surface area contributed by atoms with Crippen molar-refractivity contribution in [2.45, 2.75) is 32.7 Å². The summed E-state index contributed by atoms with van der Waals surface area (Å²) in [5.41, 5.74) is 3.41. The molecule has 228 valence electrons. The lowest BCUT2D eigenvalue weighted by molar-refractivity contribution is -0.145. The molecule has 2 N–H and O–H groups in total. The fourth-order valence-corrected chi connectivity index (χ4v) is 6.03. The van der Waals surface area contributed by atoms with E-state index < -0.39 is 17.4 Å². The molecular formula is C35H36N2O7. The zero-order valence-electron chi connectivity index (χ0n) is 25.3. The number of allylic oxidation sites excluding steroid dienone is 2. The number of amides is 1. The van der Waals surface area contributed by atoms with Gasteiger partial charge in [-0.2, -0.15) is 0 Å². The third-order valence-corrected chi connectivity index (χ3v) is 8.36. The van der Waals surface area contributed by atoms with E-state index in [-0.39, 0.29) is 17.9 Å². The van der Waals surface area contributed by atoms with Gasteiger partial charge in [-0.3, -0.25) is 9.59 Å². The minimum atomic E-state index is -1.32. The van der Waals surface area contributed by atoms with Gasteiger partial charge in [0.1, 0.15) is 11.5 Å². The molecule has 0 saturated carbocycles. The second-order valence-electron chi connectivity index (χ2n) is 11.4. The average Bonchev–Trinajstić information content (AvgIpc) is 3.55. The van der Waals surface area contributed by atoms with Gasteiger partial charge in [-0.25, -0.2) is 4.79 Å². The van der Waals surface area contributed by atoms with E-state index in [1.165, 1.54) is 54.6 Å². The van der Waals surface area contributed by atoms with Crippen molar-refractivity contribution in [1.82, 2.24) is 9.47 Å². The molecule has 1 aliphatic heterocycles. The summed E-state index contributed by atoms with van der Waals surface area (Å²) in [6.45, 7) is 3.12. The first-order valence-corrected chi connectivity index (χ1v) is 14.4. The number of ether oxygens (including phenoxy) is 2. The molecule has 1 saturated heterocycles. The molecule has 44 heavy (non-hydrogen) atoms. The van der Waals surface area contributed by atoms with Crippen LogP contribution in [-0.2, 0) is 28.0 Å². The molecule has 3 aromatic carbocycles. The Morgan fingerprint density at radius 2 is 1.61 bits per heavy atom. The van der Waals surface area contributed by atoms with Crippen LogP contribution in [0.25, 0.3) is 27.4 Å². The van der Waals surface area contributed by atoms with E-state index in [0.717, 1.165) is 19.5 Å². The molecule has 2 heterocycles. The first-order chi connectivity index (χ1) is 21.1.